The molecular formula is C22H32N2OS. The summed E-state index contributed by atoms with van der Waals surface area (Å²) >= 11 is 1.88. The van der Waals surface area contributed by atoms with E-state index in [4.69, 9.17) is 0 Å². The second kappa shape index (κ2) is 7.61. The number of fused-ring (bicyclic) bond motifs is 1. The Labute approximate surface area is 162 Å². The van der Waals surface area contributed by atoms with Crippen molar-refractivity contribution in [1.29, 1.82) is 0 Å². The number of rotatable bonds is 4. The molecule has 1 aromatic heterocycles. The van der Waals surface area contributed by atoms with Gasteiger partial charge in [-0.2, -0.15) is 0 Å². The Morgan fingerprint density at radius 3 is 2.58 bits per heavy atom. The van der Waals surface area contributed by atoms with Crippen LogP contribution in [0.1, 0.15) is 55.2 Å². The van der Waals surface area contributed by atoms with Crippen LogP contribution < -0.4 is 10.2 Å². The molecule has 0 saturated carbocycles. The van der Waals surface area contributed by atoms with E-state index in [1.165, 1.54) is 40.1 Å². The minimum Gasteiger partial charge on any atom is -0.374 e. The molecule has 3 nitrogen and oxygen atoms in total. The van der Waals surface area contributed by atoms with Gasteiger partial charge in [-0.1, -0.05) is 20.8 Å². The maximum atomic E-state index is 10.4. The van der Waals surface area contributed by atoms with Gasteiger partial charge in [-0.15, -0.1) is 11.3 Å². The third-order valence-corrected chi connectivity index (χ3v) is 5.99. The predicted molar refractivity (Wildman–Crippen MR) is 113 cm³/mol. The van der Waals surface area contributed by atoms with Gasteiger partial charge >= 0.3 is 0 Å². The van der Waals surface area contributed by atoms with Gasteiger partial charge in [0.15, 0.2) is 0 Å². The van der Waals surface area contributed by atoms with E-state index in [1.807, 2.05) is 11.3 Å². The summed E-state index contributed by atoms with van der Waals surface area (Å²) in [6, 6.07) is 6.80. The largest absolute Gasteiger partial charge is 0.374 e. The van der Waals surface area contributed by atoms with Crippen molar-refractivity contribution in [1.82, 2.24) is 0 Å². The van der Waals surface area contributed by atoms with E-state index in [0.29, 0.717) is 0 Å². The second-order valence-electron chi connectivity index (χ2n) is 8.77. The Hall–Kier alpha value is -1.52. The van der Waals surface area contributed by atoms with E-state index >= 15 is 0 Å². The molecule has 0 bridgehead atoms. The molecule has 0 spiro atoms. The molecule has 2 aromatic rings. The van der Waals surface area contributed by atoms with Gasteiger partial charge in [-0.05, 0) is 78.8 Å². The zero-order valence-electron chi connectivity index (χ0n) is 16.7. The van der Waals surface area contributed by atoms with Gasteiger partial charge in [0.25, 0.3) is 0 Å². The number of hydrogen-bond donors (Lipinski definition) is 2. The van der Waals surface area contributed by atoms with Gasteiger partial charge in [0, 0.05) is 22.8 Å². The van der Waals surface area contributed by atoms with Gasteiger partial charge in [0.1, 0.15) is 6.23 Å². The first kappa shape index (κ1) is 19.2. The van der Waals surface area contributed by atoms with Crippen molar-refractivity contribution in [2.24, 2.45) is 5.41 Å². The van der Waals surface area contributed by atoms with Crippen molar-refractivity contribution in [3.8, 4) is 0 Å². The number of nitrogens with one attached hydrogen (secondary N) is 1. The molecule has 4 heteroatoms. The maximum Gasteiger partial charge on any atom is 0.124 e. The summed E-state index contributed by atoms with van der Waals surface area (Å²) in [6.07, 6.45) is 2.59. The lowest BCUT2D eigenvalue weighted by Crippen LogP contribution is -2.26. The Kier molecular flexibility index (Phi) is 5.64. The highest BCUT2D eigenvalue weighted by Gasteiger charge is 2.20. The van der Waals surface area contributed by atoms with Crippen LogP contribution in [-0.4, -0.2) is 17.9 Å². The highest BCUT2D eigenvalue weighted by molar-refractivity contribution is 7.10. The fraction of sp³-hybridized carbons (Fsp3) is 0.545. The van der Waals surface area contributed by atoms with Gasteiger partial charge < -0.3 is 15.3 Å². The van der Waals surface area contributed by atoms with Gasteiger partial charge in [-0.3, -0.25) is 0 Å². The normalized spacial score (nSPS) is 16.2. The van der Waals surface area contributed by atoms with E-state index in [0.717, 1.165) is 25.2 Å². The van der Waals surface area contributed by atoms with E-state index in [2.05, 4.69) is 68.4 Å². The predicted octanol–water partition coefficient (Wildman–Crippen LogP) is 5.48. The lowest BCUT2D eigenvalue weighted by Gasteiger charge is -2.27. The van der Waals surface area contributed by atoms with Crippen molar-refractivity contribution in [2.75, 3.05) is 16.8 Å². The van der Waals surface area contributed by atoms with Gasteiger partial charge in [-0.25, -0.2) is 0 Å². The number of aryl methyl sites for hydroxylation is 3. The molecular weight excluding hydrogens is 340 g/mol. The lowest BCUT2D eigenvalue weighted by molar-refractivity contribution is 0.145. The van der Waals surface area contributed by atoms with Crippen LogP contribution in [0.4, 0.5) is 11.4 Å². The van der Waals surface area contributed by atoms with Crippen molar-refractivity contribution in [3.05, 3.63) is 45.1 Å². The SMILES string of the molecule is Cc1cc(N2CCCc3ccsc3C2)cc(C)c1NC(O)CC(C)(C)C. The fourth-order valence-corrected chi connectivity index (χ4v) is 4.76. The first-order valence-corrected chi connectivity index (χ1v) is 10.5. The van der Waals surface area contributed by atoms with Crippen LogP contribution in [0.3, 0.4) is 0 Å². The molecule has 0 saturated heterocycles. The van der Waals surface area contributed by atoms with Crippen LogP contribution in [0.25, 0.3) is 0 Å². The molecule has 1 aliphatic heterocycles. The molecule has 0 amide bonds. The highest BCUT2D eigenvalue weighted by Crippen LogP contribution is 2.32. The minimum absolute atomic E-state index is 0.0959. The third kappa shape index (κ3) is 4.60. The zero-order valence-corrected chi connectivity index (χ0v) is 17.5. The fourth-order valence-electron chi connectivity index (χ4n) is 3.81. The van der Waals surface area contributed by atoms with Gasteiger partial charge in [0.2, 0.25) is 0 Å². The molecule has 1 aromatic carbocycles. The molecule has 1 aliphatic rings. The molecule has 142 valence electrons. The summed E-state index contributed by atoms with van der Waals surface area (Å²) in [5, 5.41) is 16.0. The molecule has 1 atom stereocenters. The first-order chi connectivity index (χ1) is 12.2. The Morgan fingerprint density at radius 1 is 1.23 bits per heavy atom. The second-order valence-corrected chi connectivity index (χ2v) is 9.77. The van der Waals surface area contributed by atoms with Crippen LogP contribution in [0.15, 0.2) is 23.6 Å². The van der Waals surface area contributed by atoms with E-state index in [-0.39, 0.29) is 5.41 Å². The third-order valence-electron chi connectivity index (χ3n) is 5.05. The van der Waals surface area contributed by atoms with Crippen LogP contribution in [0, 0.1) is 19.3 Å². The minimum atomic E-state index is -0.523. The molecule has 1 unspecified atom stereocenters. The topological polar surface area (TPSA) is 35.5 Å². The lowest BCUT2D eigenvalue weighted by atomic mass is 9.91. The summed E-state index contributed by atoms with van der Waals surface area (Å²) in [5.41, 5.74) is 6.37. The number of benzene rings is 1. The summed E-state index contributed by atoms with van der Waals surface area (Å²) < 4.78 is 0. The van der Waals surface area contributed by atoms with Crippen LogP contribution >= 0.6 is 11.3 Å². The monoisotopic (exact) mass is 372 g/mol. The first-order valence-electron chi connectivity index (χ1n) is 9.59. The number of aliphatic hydroxyl groups is 1. The summed E-state index contributed by atoms with van der Waals surface area (Å²) in [4.78, 5) is 4.00. The van der Waals surface area contributed by atoms with E-state index < -0.39 is 6.23 Å². The Balaban J connectivity index is 1.79. The number of hydrogen-bond acceptors (Lipinski definition) is 4. The molecule has 0 fully saturated rings. The average Bonchev–Trinajstić information content (AvgIpc) is 2.86. The van der Waals surface area contributed by atoms with Crippen LogP contribution in [0.5, 0.6) is 0 Å². The number of nitrogens with zero attached hydrogens (tertiary/aromatic N) is 1. The molecule has 2 N–H and O–H groups in total. The summed E-state index contributed by atoms with van der Waals surface area (Å²) in [7, 11) is 0. The molecule has 26 heavy (non-hydrogen) atoms. The Bertz CT molecular complexity index is 737. The van der Waals surface area contributed by atoms with Crippen molar-refractivity contribution in [3.63, 3.8) is 0 Å². The number of aliphatic hydroxyl groups excluding tert-OH is 1. The van der Waals surface area contributed by atoms with Crippen molar-refractivity contribution in [2.45, 2.75) is 66.7 Å². The highest BCUT2D eigenvalue weighted by atomic mass is 32.1. The van der Waals surface area contributed by atoms with E-state index in [9.17, 15) is 5.11 Å². The standard InChI is InChI=1S/C22H32N2OS/c1-15-11-18(24-9-6-7-17-8-10-26-19(17)14-24)12-16(2)21(15)23-20(25)13-22(3,4)5/h8,10-12,20,23,25H,6-7,9,13-14H2,1-5H3. The van der Waals surface area contributed by atoms with Gasteiger partial charge in [0.05, 0.1) is 6.54 Å². The number of anilines is 2. The maximum absolute atomic E-state index is 10.4. The molecule has 2 heterocycles. The zero-order chi connectivity index (χ0) is 18.9. The van der Waals surface area contributed by atoms with Crippen molar-refractivity contribution < 1.29 is 5.11 Å². The Morgan fingerprint density at radius 2 is 1.92 bits per heavy atom. The molecule has 0 radical (unpaired) electrons. The summed E-state index contributed by atoms with van der Waals surface area (Å²) in [6.45, 7) is 12.8. The van der Waals surface area contributed by atoms with Crippen LogP contribution in [0.2, 0.25) is 0 Å². The van der Waals surface area contributed by atoms with E-state index in [1.54, 1.807) is 0 Å². The van der Waals surface area contributed by atoms with Crippen LogP contribution in [-0.2, 0) is 13.0 Å². The number of thiophene rings is 1. The summed E-state index contributed by atoms with van der Waals surface area (Å²) in [5.74, 6) is 0. The molecule has 3 rings (SSSR count). The molecule has 0 aliphatic carbocycles. The smallest absolute Gasteiger partial charge is 0.124 e. The quantitative estimate of drug-likeness (QED) is 0.697. The average molecular weight is 373 g/mol. The van der Waals surface area contributed by atoms with Crippen molar-refractivity contribution >= 4 is 22.7 Å².